The molecule has 0 radical (unpaired) electrons. The third-order valence-corrected chi connectivity index (χ3v) is 3.02. The van der Waals surface area contributed by atoms with Crippen molar-refractivity contribution in [2.75, 3.05) is 11.9 Å². The van der Waals surface area contributed by atoms with E-state index in [-0.39, 0.29) is 5.69 Å². The van der Waals surface area contributed by atoms with Crippen LogP contribution in [0.2, 0.25) is 0 Å². The van der Waals surface area contributed by atoms with E-state index in [4.69, 9.17) is 0 Å². The van der Waals surface area contributed by atoms with Gasteiger partial charge in [-0.3, -0.25) is 0 Å². The molecule has 0 fully saturated rings. The van der Waals surface area contributed by atoms with Gasteiger partial charge in [0.15, 0.2) is 11.5 Å². The van der Waals surface area contributed by atoms with Gasteiger partial charge in [-0.2, -0.15) is 0 Å². The molecular formula is C14H17N3O2. The SMILES string of the molecule is CCCNc1nc2cc(C)c(C)cc2nc1C(=O)O. The van der Waals surface area contributed by atoms with Gasteiger partial charge in [0.05, 0.1) is 11.0 Å². The molecule has 1 heterocycles. The van der Waals surface area contributed by atoms with Crippen LogP contribution in [0.1, 0.15) is 35.0 Å². The summed E-state index contributed by atoms with van der Waals surface area (Å²) in [5.41, 5.74) is 3.50. The second-order valence-electron chi connectivity index (χ2n) is 4.58. The van der Waals surface area contributed by atoms with Crippen LogP contribution in [0, 0.1) is 13.8 Å². The van der Waals surface area contributed by atoms with Gasteiger partial charge < -0.3 is 10.4 Å². The summed E-state index contributed by atoms with van der Waals surface area (Å²) in [6, 6.07) is 3.80. The van der Waals surface area contributed by atoms with Crippen molar-refractivity contribution in [1.82, 2.24) is 9.97 Å². The van der Waals surface area contributed by atoms with E-state index in [0.717, 1.165) is 17.5 Å². The molecule has 0 atom stereocenters. The van der Waals surface area contributed by atoms with Crippen molar-refractivity contribution in [2.45, 2.75) is 27.2 Å². The van der Waals surface area contributed by atoms with Crippen LogP contribution in [0.15, 0.2) is 12.1 Å². The molecule has 1 aromatic heterocycles. The second kappa shape index (κ2) is 5.22. The van der Waals surface area contributed by atoms with Gasteiger partial charge in [0.25, 0.3) is 0 Å². The molecule has 100 valence electrons. The fraction of sp³-hybridized carbons (Fsp3) is 0.357. The Morgan fingerprint density at radius 1 is 1.21 bits per heavy atom. The van der Waals surface area contributed by atoms with Crippen LogP contribution in [-0.2, 0) is 0 Å². The number of rotatable bonds is 4. The Morgan fingerprint density at radius 3 is 2.32 bits per heavy atom. The summed E-state index contributed by atoms with van der Waals surface area (Å²) in [5, 5.41) is 12.2. The van der Waals surface area contributed by atoms with Crippen LogP contribution in [0.5, 0.6) is 0 Å². The van der Waals surface area contributed by atoms with Gasteiger partial charge in [-0.25, -0.2) is 14.8 Å². The topological polar surface area (TPSA) is 75.1 Å². The number of aromatic carboxylic acids is 1. The van der Waals surface area contributed by atoms with Crippen molar-refractivity contribution < 1.29 is 9.90 Å². The summed E-state index contributed by atoms with van der Waals surface area (Å²) in [4.78, 5) is 19.8. The molecule has 0 amide bonds. The molecule has 5 nitrogen and oxygen atoms in total. The molecule has 0 saturated heterocycles. The molecular weight excluding hydrogens is 242 g/mol. The molecule has 1 aromatic carbocycles. The predicted octanol–water partition coefficient (Wildman–Crippen LogP) is 2.77. The molecule has 19 heavy (non-hydrogen) atoms. The number of hydrogen-bond donors (Lipinski definition) is 2. The number of hydrogen-bond acceptors (Lipinski definition) is 4. The highest BCUT2D eigenvalue weighted by Crippen LogP contribution is 2.20. The first-order valence-electron chi connectivity index (χ1n) is 6.29. The summed E-state index contributed by atoms with van der Waals surface area (Å²) < 4.78 is 0. The van der Waals surface area contributed by atoms with Gasteiger partial charge in [0, 0.05) is 6.54 Å². The molecule has 0 aliphatic heterocycles. The Balaban J connectivity index is 2.62. The van der Waals surface area contributed by atoms with Crippen molar-refractivity contribution in [3.05, 3.63) is 29.0 Å². The zero-order chi connectivity index (χ0) is 14.0. The maximum absolute atomic E-state index is 11.2. The van der Waals surface area contributed by atoms with E-state index in [0.29, 0.717) is 23.4 Å². The van der Waals surface area contributed by atoms with E-state index in [9.17, 15) is 9.90 Å². The predicted molar refractivity (Wildman–Crippen MR) is 74.8 cm³/mol. The first-order valence-corrected chi connectivity index (χ1v) is 6.29. The Kier molecular flexibility index (Phi) is 3.64. The number of fused-ring (bicyclic) bond motifs is 1. The minimum atomic E-state index is -1.06. The maximum atomic E-state index is 11.2. The Morgan fingerprint density at radius 2 is 1.79 bits per heavy atom. The first kappa shape index (κ1) is 13.3. The minimum absolute atomic E-state index is 0.0239. The lowest BCUT2D eigenvalue weighted by molar-refractivity contribution is 0.0691. The number of carboxylic acids is 1. The van der Waals surface area contributed by atoms with E-state index in [1.807, 2.05) is 32.9 Å². The van der Waals surface area contributed by atoms with Crippen LogP contribution >= 0.6 is 0 Å². The van der Waals surface area contributed by atoms with Crippen molar-refractivity contribution in [3.63, 3.8) is 0 Å². The molecule has 5 heteroatoms. The molecule has 2 rings (SSSR count). The number of nitrogens with one attached hydrogen (secondary N) is 1. The maximum Gasteiger partial charge on any atom is 0.358 e. The van der Waals surface area contributed by atoms with Crippen LogP contribution in [0.25, 0.3) is 11.0 Å². The zero-order valence-electron chi connectivity index (χ0n) is 11.3. The van der Waals surface area contributed by atoms with Gasteiger partial charge in [0.2, 0.25) is 0 Å². The zero-order valence-corrected chi connectivity index (χ0v) is 11.3. The first-order chi connectivity index (χ1) is 9.02. The normalized spacial score (nSPS) is 10.7. The highest BCUT2D eigenvalue weighted by molar-refractivity contribution is 5.94. The van der Waals surface area contributed by atoms with E-state index >= 15 is 0 Å². The van der Waals surface area contributed by atoms with Crippen LogP contribution in [-0.4, -0.2) is 27.6 Å². The highest BCUT2D eigenvalue weighted by Gasteiger charge is 2.15. The number of aryl methyl sites for hydroxylation is 2. The largest absolute Gasteiger partial charge is 0.476 e. The molecule has 0 spiro atoms. The number of anilines is 1. The summed E-state index contributed by atoms with van der Waals surface area (Å²) in [7, 11) is 0. The molecule has 2 N–H and O–H groups in total. The quantitative estimate of drug-likeness (QED) is 0.883. The van der Waals surface area contributed by atoms with Gasteiger partial charge in [0.1, 0.15) is 0 Å². The summed E-state index contributed by atoms with van der Waals surface area (Å²) in [6.07, 6.45) is 0.895. The third-order valence-electron chi connectivity index (χ3n) is 3.02. The van der Waals surface area contributed by atoms with Crippen LogP contribution in [0.3, 0.4) is 0 Å². The molecule has 0 saturated carbocycles. The lowest BCUT2D eigenvalue weighted by Crippen LogP contribution is -2.11. The number of carbonyl (C=O) groups is 1. The van der Waals surface area contributed by atoms with E-state index in [1.165, 1.54) is 0 Å². The number of carboxylic acid groups (broad SMARTS) is 1. The van der Waals surface area contributed by atoms with Crippen molar-refractivity contribution in [2.24, 2.45) is 0 Å². The average molecular weight is 259 g/mol. The van der Waals surface area contributed by atoms with Gasteiger partial charge in [-0.05, 0) is 43.5 Å². The Hall–Kier alpha value is -2.17. The Bertz CT molecular complexity index is 638. The molecule has 0 bridgehead atoms. The molecule has 0 aliphatic rings. The van der Waals surface area contributed by atoms with Crippen LogP contribution < -0.4 is 5.32 Å². The Labute approximate surface area is 111 Å². The van der Waals surface area contributed by atoms with Gasteiger partial charge in [-0.1, -0.05) is 6.92 Å². The van der Waals surface area contributed by atoms with Crippen molar-refractivity contribution in [3.8, 4) is 0 Å². The van der Waals surface area contributed by atoms with E-state index in [2.05, 4.69) is 15.3 Å². The lowest BCUT2D eigenvalue weighted by Gasteiger charge is -2.09. The number of benzene rings is 1. The van der Waals surface area contributed by atoms with Crippen molar-refractivity contribution in [1.29, 1.82) is 0 Å². The lowest BCUT2D eigenvalue weighted by atomic mass is 10.1. The second-order valence-corrected chi connectivity index (χ2v) is 4.58. The third kappa shape index (κ3) is 2.65. The number of aromatic nitrogens is 2. The number of nitrogens with zero attached hydrogens (tertiary/aromatic N) is 2. The standard InChI is InChI=1S/C14H17N3O2/c1-4-5-15-13-12(14(18)19)16-10-6-8(2)9(3)7-11(10)17-13/h6-7H,4-5H2,1-3H3,(H,15,17)(H,18,19). The summed E-state index contributed by atoms with van der Waals surface area (Å²) >= 11 is 0. The van der Waals surface area contributed by atoms with E-state index < -0.39 is 5.97 Å². The smallest absolute Gasteiger partial charge is 0.358 e. The monoisotopic (exact) mass is 259 g/mol. The van der Waals surface area contributed by atoms with Gasteiger partial charge in [-0.15, -0.1) is 0 Å². The molecule has 2 aromatic rings. The fourth-order valence-corrected chi connectivity index (χ4v) is 1.83. The minimum Gasteiger partial charge on any atom is -0.476 e. The summed E-state index contributed by atoms with van der Waals surface area (Å²) in [6.45, 7) is 6.65. The molecule has 0 aliphatic carbocycles. The van der Waals surface area contributed by atoms with E-state index in [1.54, 1.807) is 0 Å². The highest BCUT2D eigenvalue weighted by atomic mass is 16.4. The molecule has 0 unspecified atom stereocenters. The average Bonchev–Trinajstić information content (AvgIpc) is 2.36. The fourth-order valence-electron chi connectivity index (χ4n) is 1.83. The van der Waals surface area contributed by atoms with Crippen LogP contribution in [0.4, 0.5) is 5.82 Å². The van der Waals surface area contributed by atoms with Gasteiger partial charge >= 0.3 is 5.97 Å². The van der Waals surface area contributed by atoms with Crippen molar-refractivity contribution >= 4 is 22.8 Å². The summed E-state index contributed by atoms with van der Waals surface area (Å²) in [5.74, 6) is -0.726.